The zero-order valence-corrected chi connectivity index (χ0v) is 8.70. The number of hydrazine groups is 1. The van der Waals surface area contributed by atoms with Crippen molar-refractivity contribution in [3.8, 4) is 0 Å². The Morgan fingerprint density at radius 2 is 2.53 bits per heavy atom. The summed E-state index contributed by atoms with van der Waals surface area (Å²) >= 11 is 1.70. The molecule has 5 nitrogen and oxygen atoms in total. The quantitative estimate of drug-likeness (QED) is 0.725. The molecular weight excluding hydrogens is 212 g/mol. The first-order chi connectivity index (χ1) is 7.34. The van der Waals surface area contributed by atoms with Crippen molar-refractivity contribution in [1.29, 1.82) is 0 Å². The van der Waals surface area contributed by atoms with Crippen LogP contribution in [0.5, 0.6) is 0 Å². The highest BCUT2D eigenvalue weighted by Crippen LogP contribution is 2.30. The number of carbonyl (C=O) groups excluding carboxylic acids is 1. The first-order valence-electron chi connectivity index (χ1n) is 4.75. The van der Waals surface area contributed by atoms with Crippen LogP contribution in [-0.2, 0) is 4.79 Å². The van der Waals surface area contributed by atoms with Gasteiger partial charge in [-0.15, -0.1) is 11.3 Å². The summed E-state index contributed by atoms with van der Waals surface area (Å²) in [6.45, 7) is 0. The number of amides is 1. The molecule has 6 heteroatoms. The maximum Gasteiger partial charge on any atom is 0.264 e. The summed E-state index contributed by atoms with van der Waals surface area (Å²) in [5, 5.41) is 7.58. The van der Waals surface area contributed by atoms with Crippen LogP contribution < -0.4 is 10.9 Å². The predicted molar refractivity (Wildman–Crippen MR) is 57.1 cm³/mol. The summed E-state index contributed by atoms with van der Waals surface area (Å²) in [4.78, 5) is 12.7. The van der Waals surface area contributed by atoms with E-state index in [4.69, 9.17) is 0 Å². The molecule has 0 saturated carbocycles. The molecule has 2 N–H and O–H groups in total. The number of carbonyl (C=O) groups is 1. The Labute approximate surface area is 90.7 Å². The van der Waals surface area contributed by atoms with Gasteiger partial charge in [0.25, 0.3) is 5.91 Å². The van der Waals surface area contributed by atoms with Crippen molar-refractivity contribution in [3.63, 3.8) is 0 Å². The number of nitrogens with one attached hydrogen (secondary N) is 2. The van der Waals surface area contributed by atoms with Gasteiger partial charge in [-0.05, 0) is 11.4 Å². The molecule has 1 aromatic rings. The minimum atomic E-state index is -0.130. The third-order valence-corrected chi connectivity index (χ3v) is 3.63. The monoisotopic (exact) mass is 222 g/mol. The number of hydrogen-bond acceptors (Lipinski definition) is 5. The van der Waals surface area contributed by atoms with Crippen LogP contribution in [0.15, 0.2) is 22.6 Å². The summed E-state index contributed by atoms with van der Waals surface area (Å²) < 4.78 is 0. The van der Waals surface area contributed by atoms with E-state index >= 15 is 0 Å². The number of fused-ring (bicyclic) bond motifs is 1. The maximum absolute atomic E-state index is 11.5. The second kappa shape index (κ2) is 3.32. The van der Waals surface area contributed by atoms with Gasteiger partial charge in [-0.1, -0.05) is 6.07 Å². The van der Waals surface area contributed by atoms with Gasteiger partial charge in [-0.25, -0.2) is 10.9 Å². The molecule has 0 spiro atoms. The molecule has 0 aromatic carbocycles. The van der Waals surface area contributed by atoms with Crippen molar-refractivity contribution in [2.45, 2.75) is 18.5 Å². The zero-order chi connectivity index (χ0) is 10.3. The standard InChI is InChI=1S/C9H10N4OS/c14-9-7-4-6(8-2-1-3-15-8)12-13(7)5-10-11-9/h1-3,5-7,12H,4H2,(H,11,14). The first kappa shape index (κ1) is 8.87. The van der Waals surface area contributed by atoms with E-state index in [1.165, 1.54) is 4.88 Å². The van der Waals surface area contributed by atoms with E-state index in [0.29, 0.717) is 0 Å². The van der Waals surface area contributed by atoms with Crippen LogP contribution >= 0.6 is 11.3 Å². The zero-order valence-electron chi connectivity index (χ0n) is 7.88. The molecule has 0 aliphatic carbocycles. The fourth-order valence-corrected chi connectivity index (χ4v) is 2.69. The van der Waals surface area contributed by atoms with Gasteiger partial charge in [-0.3, -0.25) is 9.80 Å². The second-order valence-corrected chi connectivity index (χ2v) is 4.56. The lowest BCUT2D eigenvalue weighted by Gasteiger charge is -2.22. The summed E-state index contributed by atoms with van der Waals surface area (Å²) in [5.41, 5.74) is 5.73. The summed E-state index contributed by atoms with van der Waals surface area (Å²) in [6.07, 6.45) is 2.41. The van der Waals surface area contributed by atoms with Gasteiger partial charge in [0.2, 0.25) is 0 Å². The number of hydrazone groups is 1. The van der Waals surface area contributed by atoms with E-state index < -0.39 is 0 Å². The van der Waals surface area contributed by atoms with Crippen molar-refractivity contribution in [2.75, 3.05) is 0 Å². The molecule has 15 heavy (non-hydrogen) atoms. The Hall–Kier alpha value is -1.40. The Morgan fingerprint density at radius 3 is 3.27 bits per heavy atom. The van der Waals surface area contributed by atoms with Crippen molar-refractivity contribution in [2.24, 2.45) is 5.10 Å². The minimum absolute atomic E-state index is 0.0379. The van der Waals surface area contributed by atoms with Gasteiger partial charge in [0.1, 0.15) is 12.4 Å². The summed E-state index contributed by atoms with van der Waals surface area (Å²) in [6, 6.07) is 4.20. The van der Waals surface area contributed by atoms with Gasteiger partial charge in [-0.2, -0.15) is 5.10 Å². The predicted octanol–water partition coefficient (Wildman–Crippen LogP) is 0.441. The fraction of sp³-hybridized carbons (Fsp3) is 0.333. The van der Waals surface area contributed by atoms with Crippen LogP contribution in [0.25, 0.3) is 0 Å². The number of nitrogens with zero attached hydrogens (tertiary/aromatic N) is 2. The van der Waals surface area contributed by atoms with E-state index in [2.05, 4.69) is 22.0 Å². The highest BCUT2D eigenvalue weighted by Gasteiger charge is 2.38. The van der Waals surface area contributed by atoms with Crippen molar-refractivity contribution >= 4 is 23.6 Å². The highest BCUT2D eigenvalue weighted by atomic mass is 32.1. The first-order valence-corrected chi connectivity index (χ1v) is 5.63. The van der Waals surface area contributed by atoms with Crippen LogP contribution in [0.2, 0.25) is 0 Å². The van der Waals surface area contributed by atoms with Crippen LogP contribution in [0, 0.1) is 0 Å². The lowest BCUT2D eigenvalue weighted by atomic mass is 10.1. The lowest BCUT2D eigenvalue weighted by Crippen LogP contribution is -2.48. The van der Waals surface area contributed by atoms with Crippen molar-refractivity contribution < 1.29 is 4.79 Å². The molecule has 78 valence electrons. The van der Waals surface area contributed by atoms with Crippen LogP contribution in [0.4, 0.5) is 0 Å². The molecule has 1 amide bonds. The minimum Gasteiger partial charge on any atom is -0.283 e. The normalized spacial score (nSPS) is 29.1. The highest BCUT2D eigenvalue weighted by molar-refractivity contribution is 7.10. The molecule has 3 rings (SSSR count). The molecule has 0 radical (unpaired) electrons. The second-order valence-electron chi connectivity index (χ2n) is 3.58. The number of rotatable bonds is 1. The van der Waals surface area contributed by atoms with Crippen LogP contribution in [-0.4, -0.2) is 23.3 Å². The van der Waals surface area contributed by atoms with Crippen LogP contribution in [0.3, 0.4) is 0 Å². The fourth-order valence-electron chi connectivity index (χ4n) is 1.91. The molecule has 0 bridgehead atoms. The molecule has 1 fully saturated rings. The van der Waals surface area contributed by atoms with E-state index in [9.17, 15) is 4.79 Å². The van der Waals surface area contributed by atoms with Crippen molar-refractivity contribution in [1.82, 2.24) is 15.9 Å². The Kier molecular flexibility index (Phi) is 1.96. The lowest BCUT2D eigenvalue weighted by molar-refractivity contribution is -0.125. The smallest absolute Gasteiger partial charge is 0.264 e. The maximum atomic E-state index is 11.5. The van der Waals surface area contributed by atoms with Gasteiger partial charge in [0.15, 0.2) is 0 Å². The van der Waals surface area contributed by atoms with Crippen molar-refractivity contribution in [3.05, 3.63) is 22.4 Å². The van der Waals surface area contributed by atoms with E-state index in [0.717, 1.165) is 6.42 Å². The Balaban J connectivity index is 1.83. The molecule has 1 aromatic heterocycles. The topological polar surface area (TPSA) is 56.7 Å². The SMILES string of the molecule is O=C1NN=CN2NC(c3cccs3)CC12. The average molecular weight is 222 g/mol. The summed E-state index contributed by atoms with van der Waals surface area (Å²) in [5.74, 6) is -0.0379. The molecule has 3 heterocycles. The number of thiophene rings is 1. The third-order valence-electron chi connectivity index (χ3n) is 2.65. The largest absolute Gasteiger partial charge is 0.283 e. The van der Waals surface area contributed by atoms with Gasteiger partial charge < -0.3 is 0 Å². The Morgan fingerprint density at radius 1 is 1.60 bits per heavy atom. The molecule has 2 atom stereocenters. The average Bonchev–Trinajstić information content (AvgIpc) is 2.86. The molecular formula is C9H10N4OS. The van der Waals surface area contributed by atoms with E-state index in [1.54, 1.807) is 22.7 Å². The third kappa shape index (κ3) is 1.42. The molecule has 2 aliphatic rings. The van der Waals surface area contributed by atoms with Gasteiger partial charge in [0.05, 0.1) is 6.04 Å². The molecule has 2 unspecified atom stereocenters. The van der Waals surface area contributed by atoms with E-state index in [1.807, 2.05) is 11.4 Å². The Bertz CT molecular complexity index is 402. The van der Waals surface area contributed by atoms with E-state index in [-0.39, 0.29) is 18.0 Å². The summed E-state index contributed by atoms with van der Waals surface area (Å²) in [7, 11) is 0. The van der Waals surface area contributed by atoms with Gasteiger partial charge >= 0.3 is 0 Å². The molecule has 1 saturated heterocycles. The van der Waals surface area contributed by atoms with Crippen LogP contribution in [0.1, 0.15) is 17.3 Å². The van der Waals surface area contributed by atoms with Gasteiger partial charge in [0, 0.05) is 11.3 Å². The number of hydrogen-bond donors (Lipinski definition) is 2. The molecule has 2 aliphatic heterocycles.